The zero-order valence-electron chi connectivity index (χ0n) is 12.7. The predicted octanol–water partition coefficient (Wildman–Crippen LogP) is 1.43. The maximum absolute atomic E-state index is 11.1. The van der Waals surface area contributed by atoms with E-state index in [0.717, 1.165) is 11.9 Å². The standard InChI is InChI=1S/C14H20N2O5S/c1-9-12(17)13(14(2,18)8-21-9)15(3)22-11-7-5-4-6-10(11)16(19)20/h4-7,9,12-13,17-18H,8H2,1-3H3/t9?,12?,13?,14-/m1/s1. The zero-order valence-corrected chi connectivity index (χ0v) is 13.5. The minimum atomic E-state index is -1.25. The van der Waals surface area contributed by atoms with Crippen molar-refractivity contribution in [3.05, 3.63) is 34.4 Å². The second-order valence-corrected chi connectivity index (χ2v) is 6.87. The van der Waals surface area contributed by atoms with E-state index in [1.54, 1.807) is 43.4 Å². The van der Waals surface area contributed by atoms with Gasteiger partial charge in [0.25, 0.3) is 5.69 Å². The van der Waals surface area contributed by atoms with E-state index in [-0.39, 0.29) is 12.3 Å². The fraction of sp³-hybridized carbons (Fsp3) is 0.571. The van der Waals surface area contributed by atoms with Crippen LogP contribution < -0.4 is 0 Å². The Bertz CT molecular complexity index is 554. The monoisotopic (exact) mass is 328 g/mol. The molecule has 1 aliphatic heterocycles. The minimum absolute atomic E-state index is 0.00593. The summed E-state index contributed by atoms with van der Waals surface area (Å²) in [6.45, 7) is 3.41. The minimum Gasteiger partial charge on any atom is -0.389 e. The molecule has 0 spiro atoms. The van der Waals surface area contributed by atoms with Crippen molar-refractivity contribution in [2.24, 2.45) is 0 Å². The number of hydrogen-bond acceptors (Lipinski definition) is 7. The number of aliphatic hydroxyl groups is 2. The maximum Gasteiger partial charge on any atom is 0.284 e. The van der Waals surface area contributed by atoms with E-state index < -0.39 is 28.8 Å². The van der Waals surface area contributed by atoms with Crippen molar-refractivity contribution in [1.29, 1.82) is 0 Å². The first kappa shape index (κ1) is 17.2. The molecule has 0 aromatic heterocycles. The van der Waals surface area contributed by atoms with E-state index >= 15 is 0 Å². The Morgan fingerprint density at radius 1 is 1.50 bits per heavy atom. The van der Waals surface area contributed by atoms with Crippen LogP contribution in [0.1, 0.15) is 13.8 Å². The van der Waals surface area contributed by atoms with Gasteiger partial charge < -0.3 is 14.9 Å². The summed E-state index contributed by atoms with van der Waals surface area (Å²) in [4.78, 5) is 11.1. The molecular formula is C14H20N2O5S. The Kier molecular flexibility index (Phi) is 5.08. The number of ether oxygens (including phenoxy) is 1. The SMILES string of the molecule is CC1OC[C@@](C)(O)C(N(C)Sc2ccccc2[N+](=O)[O-])C1O. The second-order valence-electron chi connectivity index (χ2n) is 5.67. The molecule has 3 unspecified atom stereocenters. The largest absolute Gasteiger partial charge is 0.389 e. The van der Waals surface area contributed by atoms with Crippen molar-refractivity contribution in [3.8, 4) is 0 Å². The highest BCUT2D eigenvalue weighted by Crippen LogP contribution is 2.36. The zero-order chi connectivity index (χ0) is 16.5. The molecule has 0 bridgehead atoms. The second kappa shape index (κ2) is 6.51. The normalized spacial score (nSPS) is 32.2. The number of nitro groups is 1. The van der Waals surface area contributed by atoms with Crippen LogP contribution in [0.4, 0.5) is 5.69 Å². The van der Waals surface area contributed by atoms with E-state index in [2.05, 4.69) is 0 Å². The molecule has 2 rings (SSSR count). The molecule has 0 aliphatic carbocycles. The van der Waals surface area contributed by atoms with Gasteiger partial charge in [0.15, 0.2) is 0 Å². The Morgan fingerprint density at radius 2 is 2.14 bits per heavy atom. The fourth-order valence-electron chi connectivity index (χ4n) is 2.61. The van der Waals surface area contributed by atoms with Crippen LogP contribution in [0.25, 0.3) is 0 Å². The summed E-state index contributed by atoms with van der Waals surface area (Å²) in [5.74, 6) is 0. The molecule has 1 heterocycles. The van der Waals surface area contributed by atoms with Gasteiger partial charge in [0.2, 0.25) is 0 Å². The van der Waals surface area contributed by atoms with Crippen LogP contribution in [0.5, 0.6) is 0 Å². The van der Waals surface area contributed by atoms with E-state index in [1.165, 1.54) is 6.07 Å². The number of nitrogens with zero attached hydrogens (tertiary/aromatic N) is 2. The summed E-state index contributed by atoms with van der Waals surface area (Å²) in [7, 11) is 1.70. The molecule has 1 saturated heterocycles. The first-order valence-corrected chi connectivity index (χ1v) is 7.67. The Labute approximate surface area is 133 Å². The third-order valence-electron chi connectivity index (χ3n) is 3.78. The molecule has 1 fully saturated rings. The molecule has 1 aromatic rings. The van der Waals surface area contributed by atoms with Gasteiger partial charge in [-0.15, -0.1) is 0 Å². The van der Waals surface area contributed by atoms with Crippen LogP contribution in [-0.4, -0.2) is 56.9 Å². The summed E-state index contributed by atoms with van der Waals surface area (Å²) >= 11 is 1.13. The van der Waals surface area contributed by atoms with Crippen molar-refractivity contribution < 1.29 is 19.9 Å². The lowest BCUT2D eigenvalue weighted by molar-refractivity contribution is -0.387. The number of likely N-dealkylation sites (N-methyl/N-ethyl adjacent to an activating group) is 1. The highest BCUT2D eigenvalue weighted by molar-refractivity contribution is 7.97. The molecule has 1 aliphatic rings. The number of aliphatic hydroxyl groups excluding tert-OH is 1. The molecule has 7 nitrogen and oxygen atoms in total. The molecule has 0 radical (unpaired) electrons. The third-order valence-corrected chi connectivity index (χ3v) is 4.83. The molecule has 122 valence electrons. The lowest BCUT2D eigenvalue weighted by Crippen LogP contribution is -2.63. The molecule has 22 heavy (non-hydrogen) atoms. The third kappa shape index (κ3) is 3.41. The highest BCUT2D eigenvalue weighted by atomic mass is 32.2. The Hall–Kier alpha value is -1.19. The molecule has 2 N–H and O–H groups in total. The van der Waals surface area contributed by atoms with Gasteiger partial charge in [0, 0.05) is 6.07 Å². The van der Waals surface area contributed by atoms with E-state index in [9.17, 15) is 20.3 Å². The lowest BCUT2D eigenvalue weighted by Gasteiger charge is -2.46. The molecule has 0 saturated carbocycles. The van der Waals surface area contributed by atoms with Crippen molar-refractivity contribution in [1.82, 2.24) is 4.31 Å². The molecule has 1 aromatic carbocycles. The van der Waals surface area contributed by atoms with Crippen molar-refractivity contribution in [2.75, 3.05) is 13.7 Å². The van der Waals surface area contributed by atoms with Gasteiger partial charge in [-0.25, -0.2) is 4.31 Å². The van der Waals surface area contributed by atoms with Crippen LogP contribution in [0, 0.1) is 10.1 Å². The highest BCUT2D eigenvalue weighted by Gasteiger charge is 2.47. The average molecular weight is 328 g/mol. The summed E-state index contributed by atoms with van der Waals surface area (Å²) in [5.41, 5.74) is -1.26. The van der Waals surface area contributed by atoms with E-state index in [4.69, 9.17) is 4.74 Å². The average Bonchev–Trinajstić information content (AvgIpc) is 2.43. The molecule has 8 heteroatoms. The quantitative estimate of drug-likeness (QED) is 0.490. The maximum atomic E-state index is 11.1. The topological polar surface area (TPSA) is 96.1 Å². The number of hydrogen-bond donors (Lipinski definition) is 2. The van der Waals surface area contributed by atoms with Crippen LogP contribution in [0.3, 0.4) is 0 Å². The Morgan fingerprint density at radius 3 is 2.77 bits per heavy atom. The summed E-state index contributed by atoms with van der Waals surface area (Å²) in [6, 6.07) is 5.77. The van der Waals surface area contributed by atoms with Gasteiger partial charge in [-0.1, -0.05) is 12.1 Å². The van der Waals surface area contributed by atoms with Gasteiger partial charge in [-0.3, -0.25) is 10.1 Å². The van der Waals surface area contributed by atoms with Crippen LogP contribution in [0.2, 0.25) is 0 Å². The van der Waals surface area contributed by atoms with Crippen molar-refractivity contribution in [3.63, 3.8) is 0 Å². The predicted molar refractivity (Wildman–Crippen MR) is 82.5 cm³/mol. The fourth-order valence-corrected chi connectivity index (χ4v) is 3.76. The molecular weight excluding hydrogens is 308 g/mol. The number of benzene rings is 1. The molecule has 4 atom stereocenters. The summed E-state index contributed by atoms with van der Waals surface area (Å²) < 4.78 is 7.01. The summed E-state index contributed by atoms with van der Waals surface area (Å²) in [6.07, 6.45) is -1.32. The number of para-hydroxylation sites is 1. The smallest absolute Gasteiger partial charge is 0.284 e. The van der Waals surface area contributed by atoms with Gasteiger partial charge in [-0.2, -0.15) is 0 Å². The lowest BCUT2D eigenvalue weighted by atomic mass is 9.87. The van der Waals surface area contributed by atoms with Crippen molar-refractivity contribution in [2.45, 2.75) is 42.6 Å². The van der Waals surface area contributed by atoms with Gasteiger partial charge in [0.1, 0.15) is 10.5 Å². The summed E-state index contributed by atoms with van der Waals surface area (Å²) in [5, 5.41) is 31.9. The van der Waals surface area contributed by atoms with Gasteiger partial charge >= 0.3 is 0 Å². The van der Waals surface area contributed by atoms with Gasteiger partial charge in [0.05, 0.1) is 29.8 Å². The van der Waals surface area contributed by atoms with E-state index in [0.29, 0.717) is 4.90 Å². The number of rotatable bonds is 4. The molecule has 0 amide bonds. The van der Waals surface area contributed by atoms with Gasteiger partial charge in [-0.05, 0) is 38.9 Å². The van der Waals surface area contributed by atoms with Crippen LogP contribution in [-0.2, 0) is 4.74 Å². The first-order valence-electron chi connectivity index (χ1n) is 6.90. The number of nitro benzene ring substituents is 1. The van der Waals surface area contributed by atoms with E-state index in [1.807, 2.05) is 0 Å². The van der Waals surface area contributed by atoms with Crippen LogP contribution >= 0.6 is 11.9 Å². The van der Waals surface area contributed by atoms with Crippen LogP contribution in [0.15, 0.2) is 29.2 Å². The first-order chi connectivity index (χ1) is 10.2. The Balaban J connectivity index is 2.24. The van der Waals surface area contributed by atoms with Crippen molar-refractivity contribution >= 4 is 17.6 Å².